The predicted octanol–water partition coefficient (Wildman–Crippen LogP) is 2.79. The first-order valence-electron chi connectivity index (χ1n) is 7.33. The Bertz CT molecular complexity index is 1020. The van der Waals surface area contributed by atoms with Gasteiger partial charge in [-0.05, 0) is 17.7 Å². The van der Waals surface area contributed by atoms with Crippen LogP contribution in [0.5, 0.6) is 0 Å². The number of benzene rings is 2. The highest BCUT2D eigenvalue weighted by Crippen LogP contribution is 2.23. The molecule has 1 aromatic heterocycles. The minimum absolute atomic E-state index is 0.0160. The van der Waals surface area contributed by atoms with Crippen LogP contribution in [0.25, 0.3) is 11.0 Å². The molecule has 0 N–H and O–H groups in total. The molecule has 0 atom stereocenters. The number of fused-ring (bicyclic) bond motifs is 1. The monoisotopic (exact) mass is 345 g/mol. The molecule has 0 aliphatic rings. The number of nitrogens with zero attached hydrogens (tertiary/aromatic N) is 3. The molecular formula is C16H15N3O4S. The fraction of sp³-hybridized carbons (Fsp3) is 0.188. The number of rotatable bonds is 5. The van der Waals surface area contributed by atoms with E-state index in [2.05, 4.69) is 4.98 Å². The van der Waals surface area contributed by atoms with Crippen LogP contribution in [0.2, 0.25) is 0 Å². The SMILES string of the molecule is CCS(=O)(=O)c1nc2ccccc2n1Cc1cccc([N+](=O)[O-])c1. The summed E-state index contributed by atoms with van der Waals surface area (Å²) >= 11 is 0. The van der Waals surface area contributed by atoms with E-state index < -0.39 is 14.8 Å². The molecule has 0 spiro atoms. The van der Waals surface area contributed by atoms with E-state index in [0.717, 1.165) is 0 Å². The van der Waals surface area contributed by atoms with Crippen molar-refractivity contribution in [2.45, 2.75) is 18.6 Å². The van der Waals surface area contributed by atoms with Gasteiger partial charge in [0, 0.05) is 12.1 Å². The minimum Gasteiger partial charge on any atom is -0.310 e. The van der Waals surface area contributed by atoms with Crippen LogP contribution in [0.4, 0.5) is 5.69 Å². The van der Waals surface area contributed by atoms with Crippen molar-refractivity contribution in [2.75, 3.05) is 5.75 Å². The molecule has 7 nitrogen and oxygen atoms in total. The lowest BCUT2D eigenvalue weighted by molar-refractivity contribution is -0.384. The number of aromatic nitrogens is 2. The highest BCUT2D eigenvalue weighted by atomic mass is 32.2. The van der Waals surface area contributed by atoms with Gasteiger partial charge in [-0.15, -0.1) is 0 Å². The van der Waals surface area contributed by atoms with Gasteiger partial charge in [-0.2, -0.15) is 0 Å². The summed E-state index contributed by atoms with van der Waals surface area (Å²) in [6.45, 7) is 1.75. The molecule has 0 bridgehead atoms. The smallest absolute Gasteiger partial charge is 0.269 e. The molecule has 0 aliphatic heterocycles. The lowest BCUT2D eigenvalue weighted by Crippen LogP contribution is -2.13. The summed E-state index contributed by atoms with van der Waals surface area (Å²) in [5.41, 5.74) is 1.86. The number of imidazole rings is 1. The van der Waals surface area contributed by atoms with Crippen molar-refractivity contribution in [3.8, 4) is 0 Å². The Kier molecular flexibility index (Phi) is 4.06. The largest absolute Gasteiger partial charge is 0.310 e. The second-order valence-corrected chi connectivity index (χ2v) is 7.47. The summed E-state index contributed by atoms with van der Waals surface area (Å²) < 4.78 is 26.3. The van der Waals surface area contributed by atoms with E-state index in [1.807, 2.05) is 0 Å². The summed E-state index contributed by atoms with van der Waals surface area (Å²) in [4.78, 5) is 14.7. The molecule has 0 fully saturated rings. The molecule has 8 heteroatoms. The Labute approximate surface area is 138 Å². The fourth-order valence-electron chi connectivity index (χ4n) is 2.52. The molecule has 0 saturated heterocycles. The van der Waals surface area contributed by atoms with Crippen molar-refractivity contribution >= 4 is 26.6 Å². The molecule has 3 aromatic rings. The quantitative estimate of drug-likeness (QED) is 0.523. The second kappa shape index (κ2) is 6.04. The predicted molar refractivity (Wildman–Crippen MR) is 89.7 cm³/mol. The van der Waals surface area contributed by atoms with Crippen LogP contribution in [0.15, 0.2) is 53.7 Å². The van der Waals surface area contributed by atoms with Gasteiger partial charge in [0.25, 0.3) is 5.69 Å². The number of para-hydroxylation sites is 2. The average molecular weight is 345 g/mol. The van der Waals surface area contributed by atoms with Gasteiger partial charge in [-0.3, -0.25) is 10.1 Å². The first-order chi connectivity index (χ1) is 11.4. The fourth-order valence-corrected chi connectivity index (χ4v) is 3.52. The first kappa shape index (κ1) is 16.1. The van der Waals surface area contributed by atoms with E-state index in [1.54, 1.807) is 47.9 Å². The molecule has 2 aromatic carbocycles. The standard InChI is InChI=1S/C16H15N3O4S/c1-2-24(22,23)16-17-14-8-3-4-9-15(14)18(16)11-12-6-5-7-13(10-12)19(20)21/h3-10H,2,11H2,1H3. The first-order valence-corrected chi connectivity index (χ1v) is 8.99. The Hall–Kier alpha value is -2.74. The van der Waals surface area contributed by atoms with Crippen LogP contribution in [0.3, 0.4) is 0 Å². The van der Waals surface area contributed by atoms with Crippen LogP contribution in [-0.2, 0) is 16.4 Å². The van der Waals surface area contributed by atoms with Gasteiger partial charge in [-0.25, -0.2) is 13.4 Å². The molecule has 1 heterocycles. The van der Waals surface area contributed by atoms with Crippen molar-refractivity contribution < 1.29 is 13.3 Å². The maximum absolute atomic E-state index is 12.4. The Morgan fingerprint density at radius 1 is 1.17 bits per heavy atom. The highest BCUT2D eigenvalue weighted by Gasteiger charge is 2.22. The number of sulfone groups is 1. The number of hydrogen-bond acceptors (Lipinski definition) is 5. The third-order valence-corrected chi connectivity index (χ3v) is 5.37. The van der Waals surface area contributed by atoms with E-state index in [1.165, 1.54) is 12.1 Å². The summed E-state index contributed by atoms with van der Waals surface area (Å²) in [6, 6.07) is 13.3. The van der Waals surface area contributed by atoms with E-state index in [-0.39, 0.29) is 23.1 Å². The summed E-state index contributed by atoms with van der Waals surface area (Å²) in [5.74, 6) is -0.0642. The lowest BCUT2D eigenvalue weighted by Gasteiger charge is -2.09. The van der Waals surface area contributed by atoms with E-state index >= 15 is 0 Å². The van der Waals surface area contributed by atoms with Crippen molar-refractivity contribution in [3.05, 3.63) is 64.2 Å². The van der Waals surface area contributed by atoms with Gasteiger partial charge in [0.05, 0.1) is 28.3 Å². The molecule has 24 heavy (non-hydrogen) atoms. The van der Waals surface area contributed by atoms with Gasteiger partial charge >= 0.3 is 0 Å². The molecule has 0 aliphatic carbocycles. The number of nitro benzene ring substituents is 1. The summed E-state index contributed by atoms with van der Waals surface area (Å²) in [5, 5.41) is 10.9. The number of hydrogen-bond donors (Lipinski definition) is 0. The maximum Gasteiger partial charge on any atom is 0.269 e. The average Bonchev–Trinajstić information content (AvgIpc) is 2.95. The summed E-state index contributed by atoms with van der Waals surface area (Å²) in [6.07, 6.45) is 0. The molecule has 3 rings (SSSR count). The van der Waals surface area contributed by atoms with Crippen molar-refractivity contribution in [1.82, 2.24) is 9.55 Å². The molecule has 0 saturated carbocycles. The van der Waals surface area contributed by atoms with Gasteiger partial charge in [0.15, 0.2) is 0 Å². The van der Waals surface area contributed by atoms with Crippen LogP contribution in [0, 0.1) is 10.1 Å². The van der Waals surface area contributed by atoms with Crippen molar-refractivity contribution in [2.24, 2.45) is 0 Å². The molecular weight excluding hydrogens is 330 g/mol. The third-order valence-electron chi connectivity index (χ3n) is 3.74. The second-order valence-electron chi connectivity index (χ2n) is 5.30. The summed E-state index contributed by atoms with van der Waals surface area (Å²) in [7, 11) is -3.52. The Morgan fingerprint density at radius 3 is 2.62 bits per heavy atom. The van der Waals surface area contributed by atoms with Gasteiger partial charge in [0.1, 0.15) is 0 Å². The molecule has 0 amide bonds. The maximum atomic E-state index is 12.4. The van der Waals surface area contributed by atoms with Gasteiger partial charge < -0.3 is 4.57 Å². The number of non-ortho nitro benzene ring substituents is 1. The zero-order chi connectivity index (χ0) is 17.3. The third kappa shape index (κ3) is 2.88. The Morgan fingerprint density at radius 2 is 1.92 bits per heavy atom. The molecule has 0 radical (unpaired) electrons. The minimum atomic E-state index is -3.52. The molecule has 124 valence electrons. The van der Waals surface area contributed by atoms with Crippen LogP contribution in [0.1, 0.15) is 12.5 Å². The van der Waals surface area contributed by atoms with Crippen molar-refractivity contribution in [3.63, 3.8) is 0 Å². The van der Waals surface area contributed by atoms with Crippen LogP contribution in [-0.4, -0.2) is 28.6 Å². The van der Waals surface area contributed by atoms with E-state index in [4.69, 9.17) is 0 Å². The lowest BCUT2D eigenvalue weighted by atomic mass is 10.2. The van der Waals surface area contributed by atoms with Crippen LogP contribution >= 0.6 is 0 Å². The van der Waals surface area contributed by atoms with Gasteiger partial charge in [-0.1, -0.05) is 31.2 Å². The van der Waals surface area contributed by atoms with Gasteiger partial charge in [0.2, 0.25) is 15.0 Å². The zero-order valence-corrected chi connectivity index (χ0v) is 13.7. The van der Waals surface area contributed by atoms with Crippen molar-refractivity contribution in [1.29, 1.82) is 0 Å². The zero-order valence-electron chi connectivity index (χ0n) is 12.9. The highest BCUT2D eigenvalue weighted by molar-refractivity contribution is 7.91. The van der Waals surface area contributed by atoms with Crippen LogP contribution < -0.4 is 0 Å². The van der Waals surface area contributed by atoms with E-state index in [0.29, 0.717) is 16.6 Å². The normalized spacial score (nSPS) is 11.7. The van der Waals surface area contributed by atoms with E-state index in [9.17, 15) is 18.5 Å². The Balaban J connectivity index is 2.16. The topological polar surface area (TPSA) is 95.1 Å². The number of nitro groups is 1. The molecule has 0 unspecified atom stereocenters.